The van der Waals surface area contributed by atoms with Crippen molar-refractivity contribution in [3.63, 3.8) is 0 Å². The summed E-state index contributed by atoms with van der Waals surface area (Å²) in [5.74, 6) is 0. The van der Waals surface area contributed by atoms with E-state index < -0.39 is 0 Å². The number of aryl methyl sites for hydroxylation is 2. The second kappa shape index (κ2) is 14.9. The second-order valence-electron chi connectivity index (χ2n) is 10.3. The van der Waals surface area contributed by atoms with Gasteiger partial charge in [0.05, 0.1) is 13.2 Å². The highest BCUT2D eigenvalue weighted by atomic mass is 127. The molecule has 1 saturated heterocycles. The first-order chi connectivity index (χ1) is 15.0. The minimum Gasteiger partial charge on any atom is -0.348 e. The van der Waals surface area contributed by atoms with Gasteiger partial charge >= 0.3 is 0 Å². The van der Waals surface area contributed by atoms with Crippen LogP contribution in [-0.4, -0.2) is 13.2 Å². The van der Waals surface area contributed by atoms with E-state index in [1.807, 2.05) is 0 Å². The van der Waals surface area contributed by atoms with Crippen molar-refractivity contribution in [2.24, 2.45) is 5.41 Å². The van der Waals surface area contributed by atoms with Crippen molar-refractivity contribution in [3.05, 3.63) is 32.4 Å². The van der Waals surface area contributed by atoms with Gasteiger partial charge in [-0.25, -0.2) is 0 Å². The summed E-state index contributed by atoms with van der Waals surface area (Å²) >= 11 is 2.55. The van der Waals surface area contributed by atoms with Crippen LogP contribution in [0.4, 0.5) is 0 Å². The van der Waals surface area contributed by atoms with Crippen LogP contribution >= 0.6 is 22.6 Å². The molecule has 2 rings (SSSR count). The van der Waals surface area contributed by atoms with Crippen LogP contribution in [0, 0.1) is 8.99 Å². The third-order valence-electron chi connectivity index (χ3n) is 6.41. The van der Waals surface area contributed by atoms with Gasteiger partial charge in [0.1, 0.15) is 0 Å². The van der Waals surface area contributed by atoms with E-state index in [4.69, 9.17) is 9.47 Å². The summed E-state index contributed by atoms with van der Waals surface area (Å²) in [6.45, 7) is 10.6. The molecule has 1 aromatic rings. The molecule has 0 spiro atoms. The highest BCUT2D eigenvalue weighted by molar-refractivity contribution is 14.1. The fraction of sp³-hybridized carbons (Fsp3) is 0.786. The van der Waals surface area contributed by atoms with Gasteiger partial charge in [0.25, 0.3) is 0 Å². The maximum absolute atomic E-state index is 6.22. The van der Waals surface area contributed by atoms with Gasteiger partial charge in [-0.15, -0.1) is 0 Å². The molecule has 0 unspecified atom stereocenters. The molecule has 0 radical (unpaired) electrons. The summed E-state index contributed by atoms with van der Waals surface area (Å²) in [6.07, 6.45) is 18.2. The normalized spacial score (nSPS) is 16.7. The van der Waals surface area contributed by atoms with E-state index >= 15 is 0 Å². The summed E-state index contributed by atoms with van der Waals surface area (Å²) in [4.78, 5) is 0. The molecule has 0 N–H and O–H groups in total. The summed E-state index contributed by atoms with van der Waals surface area (Å²) in [5.41, 5.74) is 4.33. The van der Waals surface area contributed by atoms with Gasteiger partial charge in [-0.1, -0.05) is 91.9 Å². The van der Waals surface area contributed by atoms with Crippen LogP contribution < -0.4 is 0 Å². The Labute approximate surface area is 206 Å². The smallest absolute Gasteiger partial charge is 0.184 e. The Balaban J connectivity index is 2.01. The van der Waals surface area contributed by atoms with Crippen molar-refractivity contribution in [2.75, 3.05) is 13.2 Å². The van der Waals surface area contributed by atoms with Gasteiger partial charge in [-0.3, -0.25) is 0 Å². The van der Waals surface area contributed by atoms with Crippen molar-refractivity contribution in [3.8, 4) is 0 Å². The van der Waals surface area contributed by atoms with Crippen molar-refractivity contribution >= 4 is 22.6 Å². The van der Waals surface area contributed by atoms with Crippen molar-refractivity contribution < 1.29 is 9.47 Å². The number of hydrogen-bond donors (Lipinski definition) is 0. The molecule has 31 heavy (non-hydrogen) atoms. The van der Waals surface area contributed by atoms with Gasteiger partial charge < -0.3 is 9.47 Å². The topological polar surface area (TPSA) is 18.5 Å². The summed E-state index contributed by atoms with van der Waals surface area (Å²) < 4.78 is 13.9. The first-order valence-corrected chi connectivity index (χ1v) is 14.1. The van der Waals surface area contributed by atoms with Crippen LogP contribution in [0.1, 0.15) is 128 Å². The zero-order chi connectivity index (χ0) is 22.5. The molecule has 0 aliphatic carbocycles. The zero-order valence-electron chi connectivity index (χ0n) is 20.7. The van der Waals surface area contributed by atoms with Crippen molar-refractivity contribution in [1.82, 2.24) is 0 Å². The number of rotatable bonds is 15. The molecule has 0 amide bonds. The lowest BCUT2D eigenvalue weighted by Gasteiger charge is -2.35. The minimum absolute atomic E-state index is 0.112. The van der Waals surface area contributed by atoms with Crippen LogP contribution in [0.25, 0.3) is 0 Å². The minimum atomic E-state index is -0.191. The van der Waals surface area contributed by atoms with Crippen LogP contribution in [0.2, 0.25) is 0 Å². The predicted molar refractivity (Wildman–Crippen MR) is 142 cm³/mol. The Kier molecular flexibility index (Phi) is 13.0. The van der Waals surface area contributed by atoms with E-state index in [0.717, 1.165) is 19.6 Å². The Hall–Kier alpha value is -0.130. The molecule has 2 nitrogen and oxygen atoms in total. The molecule has 0 saturated carbocycles. The van der Waals surface area contributed by atoms with Crippen LogP contribution in [0.5, 0.6) is 0 Å². The fourth-order valence-corrected chi connectivity index (χ4v) is 5.17. The number of halogens is 1. The Morgan fingerprint density at radius 3 is 1.77 bits per heavy atom. The summed E-state index contributed by atoms with van der Waals surface area (Å²) in [7, 11) is 0. The van der Waals surface area contributed by atoms with Crippen molar-refractivity contribution in [2.45, 2.75) is 124 Å². The maximum Gasteiger partial charge on any atom is 0.184 e. The highest BCUT2D eigenvalue weighted by Gasteiger charge is 2.30. The monoisotopic (exact) mass is 542 g/mol. The van der Waals surface area contributed by atoms with E-state index in [1.54, 1.807) is 0 Å². The average Bonchev–Trinajstić information content (AvgIpc) is 2.74. The molecule has 178 valence electrons. The summed E-state index contributed by atoms with van der Waals surface area (Å²) in [5, 5.41) is 0. The Bertz CT molecular complexity index is 616. The quantitative estimate of drug-likeness (QED) is 0.163. The van der Waals surface area contributed by atoms with Crippen LogP contribution in [0.15, 0.2) is 12.1 Å². The fourth-order valence-electron chi connectivity index (χ4n) is 4.37. The lowest BCUT2D eigenvalue weighted by Crippen LogP contribution is -2.34. The molecule has 3 heteroatoms. The molecular weight excluding hydrogens is 495 g/mol. The maximum atomic E-state index is 6.22. The molecule has 0 bridgehead atoms. The van der Waals surface area contributed by atoms with E-state index in [0.29, 0.717) is 0 Å². The van der Waals surface area contributed by atoms with Gasteiger partial charge in [0.15, 0.2) is 6.29 Å². The van der Waals surface area contributed by atoms with Crippen LogP contribution in [-0.2, 0) is 22.3 Å². The lowest BCUT2D eigenvalue weighted by atomic mass is 9.93. The Morgan fingerprint density at radius 1 is 0.742 bits per heavy atom. The lowest BCUT2D eigenvalue weighted by molar-refractivity contribution is -0.226. The second-order valence-corrected chi connectivity index (χ2v) is 11.5. The average molecular weight is 543 g/mol. The van der Waals surface area contributed by atoms with E-state index in [1.165, 1.54) is 104 Å². The third kappa shape index (κ3) is 10.1. The van der Waals surface area contributed by atoms with E-state index in [2.05, 4.69) is 62.4 Å². The zero-order valence-corrected chi connectivity index (χ0v) is 22.9. The number of benzene rings is 1. The van der Waals surface area contributed by atoms with E-state index in [9.17, 15) is 0 Å². The van der Waals surface area contributed by atoms with Crippen LogP contribution in [0.3, 0.4) is 0 Å². The van der Waals surface area contributed by atoms with Crippen molar-refractivity contribution in [1.29, 1.82) is 0 Å². The molecule has 0 atom stereocenters. The first kappa shape index (κ1) is 27.1. The van der Waals surface area contributed by atoms with Gasteiger partial charge in [0.2, 0.25) is 0 Å². The molecule has 1 fully saturated rings. The third-order valence-corrected chi connectivity index (χ3v) is 7.42. The number of hydrogen-bond acceptors (Lipinski definition) is 2. The molecule has 1 aliphatic rings. The molecule has 1 aliphatic heterocycles. The first-order valence-electron chi connectivity index (χ1n) is 13.0. The van der Waals surface area contributed by atoms with Gasteiger partial charge in [0, 0.05) is 14.5 Å². The number of ether oxygens (including phenoxy) is 2. The Morgan fingerprint density at radius 2 is 1.23 bits per heavy atom. The molecule has 1 heterocycles. The van der Waals surface area contributed by atoms with E-state index in [-0.39, 0.29) is 11.7 Å². The predicted octanol–water partition coefficient (Wildman–Crippen LogP) is 9.17. The standard InChI is InChI=1S/C28H47IO2/c1-5-7-9-11-13-15-17-23-20-26(29)24(18-16-14-12-10-8-6-2)19-25(23)27-30-21-28(3,4)22-31-27/h19-20,27H,5-18,21-22H2,1-4H3. The SMILES string of the molecule is CCCCCCCCc1cc(C2OCC(C)(C)CO2)c(CCCCCCCC)cc1I. The largest absolute Gasteiger partial charge is 0.348 e. The summed E-state index contributed by atoms with van der Waals surface area (Å²) in [6, 6.07) is 4.85. The van der Waals surface area contributed by atoms with Gasteiger partial charge in [-0.05, 0) is 71.5 Å². The number of unbranched alkanes of at least 4 members (excludes halogenated alkanes) is 10. The molecule has 1 aromatic carbocycles. The molecular formula is C28H47IO2. The highest BCUT2D eigenvalue weighted by Crippen LogP contribution is 2.35. The molecule has 0 aromatic heterocycles. The van der Waals surface area contributed by atoms with Gasteiger partial charge in [-0.2, -0.15) is 0 Å².